The average molecular weight is 391 g/mol. The van der Waals surface area contributed by atoms with Crippen LogP contribution in [-0.4, -0.2) is 48.9 Å². The molecule has 0 fully saturated rings. The van der Waals surface area contributed by atoms with Crippen LogP contribution >= 0.6 is 15.9 Å². The van der Waals surface area contributed by atoms with Gasteiger partial charge >= 0.3 is 0 Å². The first-order valence-electron chi connectivity index (χ1n) is 7.41. The monoisotopic (exact) mass is 390 g/mol. The second kappa shape index (κ2) is 8.56. The number of rotatable bonds is 6. The Morgan fingerprint density at radius 3 is 2.50 bits per heavy atom. The molecule has 0 bridgehead atoms. The number of likely N-dealkylation sites (N-methyl/N-ethyl adjacent to an activating group) is 1. The Labute approximate surface area is 149 Å². The number of hydrogen-bond donors (Lipinski definition) is 2. The Balaban J connectivity index is 2.02. The van der Waals surface area contributed by atoms with Crippen LogP contribution in [0.4, 0.5) is 5.69 Å². The predicted octanol–water partition coefficient (Wildman–Crippen LogP) is 2.39. The van der Waals surface area contributed by atoms with E-state index in [4.69, 9.17) is 0 Å². The molecule has 0 aliphatic heterocycles. The SMILES string of the molecule is CN(C)CCNC(=O)c1ccnc(C(=O)Nc2ccc(Br)cc2)c1. The van der Waals surface area contributed by atoms with Gasteiger partial charge in [0, 0.05) is 35.0 Å². The van der Waals surface area contributed by atoms with Crippen LogP contribution in [0.15, 0.2) is 47.1 Å². The lowest BCUT2D eigenvalue weighted by Gasteiger charge is -2.11. The first kappa shape index (κ1) is 18.1. The molecule has 0 spiro atoms. The number of hydrogen-bond acceptors (Lipinski definition) is 4. The molecule has 24 heavy (non-hydrogen) atoms. The largest absolute Gasteiger partial charge is 0.351 e. The molecule has 0 aliphatic rings. The third kappa shape index (κ3) is 5.43. The van der Waals surface area contributed by atoms with Gasteiger partial charge in [-0.1, -0.05) is 15.9 Å². The van der Waals surface area contributed by atoms with Gasteiger partial charge in [0.2, 0.25) is 0 Å². The molecule has 0 radical (unpaired) electrons. The van der Waals surface area contributed by atoms with Crippen LogP contribution in [0.1, 0.15) is 20.8 Å². The maximum atomic E-state index is 12.3. The van der Waals surface area contributed by atoms with E-state index in [2.05, 4.69) is 31.5 Å². The van der Waals surface area contributed by atoms with E-state index in [1.165, 1.54) is 12.3 Å². The van der Waals surface area contributed by atoms with E-state index in [0.717, 1.165) is 11.0 Å². The van der Waals surface area contributed by atoms with Crippen molar-refractivity contribution in [3.8, 4) is 0 Å². The number of anilines is 1. The summed E-state index contributed by atoms with van der Waals surface area (Å²) in [5.74, 6) is -0.586. The molecule has 0 unspecified atom stereocenters. The number of aromatic nitrogens is 1. The number of amides is 2. The summed E-state index contributed by atoms with van der Waals surface area (Å²) >= 11 is 3.34. The highest BCUT2D eigenvalue weighted by Crippen LogP contribution is 2.15. The molecule has 1 aromatic heterocycles. The minimum absolute atomic E-state index is 0.193. The summed E-state index contributed by atoms with van der Waals surface area (Å²) in [5.41, 5.74) is 1.26. The minimum Gasteiger partial charge on any atom is -0.351 e. The van der Waals surface area contributed by atoms with Crippen LogP contribution in [0.25, 0.3) is 0 Å². The molecular weight excluding hydrogens is 372 g/mol. The Bertz CT molecular complexity index is 717. The van der Waals surface area contributed by atoms with Crippen LogP contribution in [0, 0.1) is 0 Å². The van der Waals surface area contributed by atoms with Crippen molar-refractivity contribution >= 4 is 33.4 Å². The van der Waals surface area contributed by atoms with Gasteiger partial charge in [-0.2, -0.15) is 0 Å². The van der Waals surface area contributed by atoms with Gasteiger partial charge in [-0.25, -0.2) is 0 Å². The van der Waals surface area contributed by atoms with Crippen molar-refractivity contribution in [3.05, 3.63) is 58.3 Å². The van der Waals surface area contributed by atoms with E-state index in [-0.39, 0.29) is 17.5 Å². The topological polar surface area (TPSA) is 74.3 Å². The van der Waals surface area contributed by atoms with Crippen LogP contribution in [-0.2, 0) is 0 Å². The molecule has 2 N–H and O–H groups in total. The molecule has 1 aromatic carbocycles. The van der Waals surface area contributed by atoms with Gasteiger partial charge in [-0.3, -0.25) is 14.6 Å². The van der Waals surface area contributed by atoms with E-state index in [9.17, 15) is 9.59 Å². The lowest BCUT2D eigenvalue weighted by molar-refractivity contribution is 0.0951. The highest BCUT2D eigenvalue weighted by Gasteiger charge is 2.12. The zero-order valence-electron chi connectivity index (χ0n) is 13.5. The van der Waals surface area contributed by atoms with Crippen LogP contribution in [0.3, 0.4) is 0 Å². The molecule has 126 valence electrons. The van der Waals surface area contributed by atoms with Gasteiger partial charge in [-0.05, 0) is 50.5 Å². The van der Waals surface area contributed by atoms with Crippen LogP contribution in [0.2, 0.25) is 0 Å². The Morgan fingerprint density at radius 1 is 1.12 bits per heavy atom. The van der Waals surface area contributed by atoms with Gasteiger partial charge in [0.05, 0.1) is 0 Å². The van der Waals surface area contributed by atoms with Crippen molar-refractivity contribution in [2.75, 3.05) is 32.5 Å². The molecule has 1 heterocycles. The summed E-state index contributed by atoms with van der Waals surface area (Å²) < 4.78 is 0.926. The van der Waals surface area contributed by atoms with Crippen LogP contribution in [0.5, 0.6) is 0 Å². The smallest absolute Gasteiger partial charge is 0.274 e. The standard InChI is InChI=1S/C17H19BrN4O2/c1-22(2)10-9-20-16(23)12-7-8-19-15(11-12)17(24)21-14-5-3-13(18)4-6-14/h3-8,11H,9-10H2,1-2H3,(H,20,23)(H,21,24). The second-order valence-corrected chi connectivity index (χ2v) is 6.37. The van der Waals surface area contributed by atoms with Gasteiger partial charge in [0.15, 0.2) is 0 Å². The highest BCUT2D eigenvalue weighted by molar-refractivity contribution is 9.10. The maximum Gasteiger partial charge on any atom is 0.274 e. The molecule has 0 aliphatic carbocycles. The van der Waals surface area contributed by atoms with E-state index in [0.29, 0.717) is 17.8 Å². The molecule has 2 rings (SSSR count). The summed E-state index contributed by atoms with van der Waals surface area (Å²) in [6.45, 7) is 1.28. The summed E-state index contributed by atoms with van der Waals surface area (Å²) in [6, 6.07) is 10.3. The molecule has 2 aromatic rings. The van der Waals surface area contributed by atoms with Crippen molar-refractivity contribution in [2.24, 2.45) is 0 Å². The first-order valence-corrected chi connectivity index (χ1v) is 8.21. The first-order chi connectivity index (χ1) is 11.5. The summed E-state index contributed by atoms with van der Waals surface area (Å²) in [4.78, 5) is 30.4. The predicted molar refractivity (Wildman–Crippen MR) is 97.2 cm³/mol. The van der Waals surface area contributed by atoms with E-state index >= 15 is 0 Å². The average Bonchev–Trinajstić information content (AvgIpc) is 2.56. The number of nitrogens with one attached hydrogen (secondary N) is 2. The molecule has 2 amide bonds. The summed E-state index contributed by atoms with van der Waals surface area (Å²) in [6.07, 6.45) is 1.46. The van der Waals surface area contributed by atoms with E-state index < -0.39 is 0 Å². The van der Waals surface area contributed by atoms with Crippen molar-refractivity contribution in [1.82, 2.24) is 15.2 Å². The zero-order chi connectivity index (χ0) is 17.5. The molecular formula is C17H19BrN4O2. The Morgan fingerprint density at radius 2 is 1.83 bits per heavy atom. The fourth-order valence-corrected chi connectivity index (χ4v) is 2.18. The Hall–Kier alpha value is -2.25. The summed E-state index contributed by atoms with van der Waals surface area (Å²) in [7, 11) is 3.87. The third-order valence-corrected chi connectivity index (χ3v) is 3.73. The molecule has 0 saturated heterocycles. The summed E-state index contributed by atoms with van der Waals surface area (Å²) in [5, 5.41) is 5.56. The molecule has 6 nitrogen and oxygen atoms in total. The normalized spacial score (nSPS) is 10.5. The lowest BCUT2D eigenvalue weighted by atomic mass is 10.2. The van der Waals surface area contributed by atoms with Crippen molar-refractivity contribution < 1.29 is 9.59 Å². The van der Waals surface area contributed by atoms with Crippen LogP contribution < -0.4 is 10.6 Å². The minimum atomic E-state index is -0.361. The number of pyridine rings is 1. The second-order valence-electron chi connectivity index (χ2n) is 5.45. The molecule has 0 atom stereocenters. The quantitative estimate of drug-likeness (QED) is 0.793. The lowest BCUT2D eigenvalue weighted by Crippen LogP contribution is -2.31. The zero-order valence-corrected chi connectivity index (χ0v) is 15.1. The molecule has 7 heteroatoms. The molecule has 0 saturated carbocycles. The van der Waals surface area contributed by atoms with Crippen molar-refractivity contribution in [3.63, 3.8) is 0 Å². The fourth-order valence-electron chi connectivity index (χ4n) is 1.92. The van der Waals surface area contributed by atoms with E-state index in [1.54, 1.807) is 18.2 Å². The van der Waals surface area contributed by atoms with Gasteiger partial charge in [0.1, 0.15) is 5.69 Å². The maximum absolute atomic E-state index is 12.3. The highest BCUT2D eigenvalue weighted by atomic mass is 79.9. The number of carbonyl (C=O) groups excluding carboxylic acids is 2. The third-order valence-electron chi connectivity index (χ3n) is 3.20. The van der Waals surface area contributed by atoms with Gasteiger partial charge in [0.25, 0.3) is 11.8 Å². The Kier molecular flexibility index (Phi) is 6.45. The van der Waals surface area contributed by atoms with Crippen molar-refractivity contribution in [1.29, 1.82) is 0 Å². The van der Waals surface area contributed by atoms with Gasteiger partial charge < -0.3 is 15.5 Å². The number of nitrogens with zero attached hydrogens (tertiary/aromatic N) is 2. The van der Waals surface area contributed by atoms with Gasteiger partial charge in [-0.15, -0.1) is 0 Å². The number of benzene rings is 1. The van der Waals surface area contributed by atoms with Crippen molar-refractivity contribution in [2.45, 2.75) is 0 Å². The fraction of sp³-hybridized carbons (Fsp3) is 0.235. The number of halogens is 1. The van der Waals surface area contributed by atoms with E-state index in [1.807, 2.05) is 31.1 Å². The number of carbonyl (C=O) groups is 2.